The highest BCUT2D eigenvalue weighted by molar-refractivity contribution is 5.22. The van der Waals surface area contributed by atoms with Crippen LogP contribution in [0.3, 0.4) is 0 Å². The van der Waals surface area contributed by atoms with Crippen LogP contribution in [-0.2, 0) is 13.0 Å². The molecule has 1 aliphatic carbocycles. The van der Waals surface area contributed by atoms with Crippen LogP contribution >= 0.6 is 0 Å². The van der Waals surface area contributed by atoms with Crippen LogP contribution in [0.2, 0.25) is 0 Å². The van der Waals surface area contributed by atoms with Crippen molar-refractivity contribution in [3.05, 3.63) is 17.2 Å². The highest BCUT2D eigenvalue weighted by Gasteiger charge is 2.24. The molecule has 1 aromatic rings. The SMILES string of the molecule is CCCNCc1nc2c([nH]1)CC(C)CC2C. The van der Waals surface area contributed by atoms with Crippen molar-refractivity contribution in [1.29, 1.82) is 0 Å². The van der Waals surface area contributed by atoms with Gasteiger partial charge in [0.25, 0.3) is 0 Å². The molecule has 0 saturated heterocycles. The van der Waals surface area contributed by atoms with E-state index in [1.54, 1.807) is 0 Å². The van der Waals surface area contributed by atoms with E-state index < -0.39 is 0 Å². The molecule has 0 radical (unpaired) electrons. The summed E-state index contributed by atoms with van der Waals surface area (Å²) in [5.41, 5.74) is 2.69. The number of rotatable bonds is 4. The first kappa shape index (κ1) is 11.6. The average Bonchev–Trinajstić information content (AvgIpc) is 2.61. The van der Waals surface area contributed by atoms with Gasteiger partial charge in [0.1, 0.15) is 5.82 Å². The minimum absolute atomic E-state index is 0.620. The van der Waals surface area contributed by atoms with Gasteiger partial charge in [-0.2, -0.15) is 0 Å². The molecule has 0 aromatic carbocycles. The van der Waals surface area contributed by atoms with E-state index in [2.05, 4.69) is 31.1 Å². The fourth-order valence-corrected chi connectivity index (χ4v) is 2.66. The Morgan fingerprint density at radius 3 is 3.00 bits per heavy atom. The Morgan fingerprint density at radius 2 is 2.25 bits per heavy atom. The number of aromatic nitrogens is 2. The molecule has 90 valence electrons. The first-order valence-corrected chi connectivity index (χ1v) is 6.49. The molecule has 2 atom stereocenters. The van der Waals surface area contributed by atoms with Crippen LogP contribution in [0.1, 0.15) is 56.7 Å². The summed E-state index contributed by atoms with van der Waals surface area (Å²) in [6.45, 7) is 8.75. The smallest absolute Gasteiger partial charge is 0.120 e. The van der Waals surface area contributed by atoms with E-state index in [0.717, 1.165) is 24.8 Å². The molecule has 3 heteroatoms. The normalized spacial score (nSPS) is 24.4. The van der Waals surface area contributed by atoms with Gasteiger partial charge in [0.15, 0.2) is 0 Å². The Hall–Kier alpha value is -0.830. The maximum absolute atomic E-state index is 4.72. The summed E-state index contributed by atoms with van der Waals surface area (Å²) >= 11 is 0. The van der Waals surface area contributed by atoms with Gasteiger partial charge in [-0.15, -0.1) is 0 Å². The molecule has 0 spiro atoms. The molecular formula is C13H23N3. The molecule has 0 fully saturated rings. The number of nitrogens with zero attached hydrogens (tertiary/aromatic N) is 1. The molecule has 3 nitrogen and oxygen atoms in total. The zero-order valence-electron chi connectivity index (χ0n) is 10.6. The summed E-state index contributed by atoms with van der Waals surface area (Å²) in [5, 5.41) is 3.39. The second kappa shape index (κ2) is 5.00. The van der Waals surface area contributed by atoms with Gasteiger partial charge >= 0.3 is 0 Å². The summed E-state index contributed by atoms with van der Waals surface area (Å²) < 4.78 is 0. The highest BCUT2D eigenvalue weighted by Crippen LogP contribution is 2.32. The topological polar surface area (TPSA) is 40.7 Å². The van der Waals surface area contributed by atoms with Crippen molar-refractivity contribution in [2.75, 3.05) is 6.54 Å². The Kier molecular flexibility index (Phi) is 3.64. The zero-order chi connectivity index (χ0) is 11.5. The zero-order valence-corrected chi connectivity index (χ0v) is 10.6. The van der Waals surface area contributed by atoms with Gasteiger partial charge in [-0.1, -0.05) is 20.8 Å². The van der Waals surface area contributed by atoms with E-state index in [9.17, 15) is 0 Å². The van der Waals surface area contributed by atoms with Crippen LogP contribution in [0.4, 0.5) is 0 Å². The lowest BCUT2D eigenvalue weighted by Gasteiger charge is -2.22. The van der Waals surface area contributed by atoms with Crippen molar-refractivity contribution < 1.29 is 0 Å². The molecule has 0 saturated carbocycles. The Balaban J connectivity index is 2.05. The van der Waals surface area contributed by atoms with E-state index >= 15 is 0 Å². The van der Waals surface area contributed by atoms with E-state index in [0.29, 0.717) is 5.92 Å². The summed E-state index contributed by atoms with van der Waals surface area (Å²) in [4.78, 5) is 8.20. The van der Waals surface area contributed by atoms with Gasteiger partial charge in [0.2, 0.25) is 0 Å². The molecule has 1 aliphatic rings. The van der Waals surface area contributed by atoms with Gasteiger partial charge in [0, 0.05) is 11.6 Å². The first-order valence-electron chi connectivity index (χ1n) is 6.49. The quantitative estimate of drug-likeness (QED) is 0.767. The molecule has 2 unspecified atom stereocenters. The van der Waals surface area contributed by atoms with E-state index in [1.807, 2.05) is 0 Å². The van der Waals surface area contributed by atoms with Crippen LogP contribution in [0.5, 0.6) is 0 Å². The van der Waals surface area contributed by atoms with Crippen molar-refractivity contribution in [2.45, 2.75) is 52.5 Å². The van der Waals surface area contributed by atoms with Crippen molar-refractivity contribution in [1.82, 2.24) is 15.3 Å². The third-order valence-corrected chi connectivity index (χ3v) is 3.35. The fourth-order valence-electron chi connectivity index (χ4n) is 2.66. The van der Waals surface area contributed by atoms with Crippen LogP contribution in [-0.4, -0.2) is 16.5 Å². The Labute approximate surface area is 98.1 Å². The number of H-pyrrole nitrogens is 1. The molecule has 0 aliphatic heterocycles. The van der Waals surface area contributed by atoms with E-state index in [-0.39, 0.29) is 0 Å². The standard InChI is InChI=1S/C13H23N3/c1-4-5-14-8-12-15-11-7-9(2)6-10(3)13(11)16-12/h9-10,14H,4-8H2,1-3H3,(H,15,16). The maximum Gasteiger partial charge on any atom is 0.120 e. The van der Waals surface area contributed by atoms with E-state index in [4.69, 9.17) is 4.98 Å². The molecule has 2 N–H and O–H groups in total. The summed E-state index contributed by atoms with van der Waals surface area (Å²) in [6, 6.07) is 0. The fraction of sp³-hybridized carbons (Fsp3) is 0.769. The minimum Gasteiger partial charge on any atom is -0.345 e. The van der Waals surface area contributed by atoms with Crippen molar-refractivity contribution >= 4 is 0 Å². The first-order chi connectivity index (χ1) is 7.70. The lowest BCUT2D eigenvalue weighted by molar-refractivity contribution is 0.440. The molecule has 1 heterocycles. The Morgan fingerprint density at radius 1 is 1.44 bits per heavy atom. The largest absolute Gasteiger partial charge is 0.345 e. The number of fused-ring (bicyclic) bond motifs is 1. The lowest BCUT2D eigenvalue weighted by Crippen LogP contribution is -2.14. The van der Waals surface area contributed by atoms with Crippen LogP contribution in [0, 0.1) is 5.92 Å². The molecule has 16 heavy (non-hydrogen) atoms. The van der Waals surface area contributed by atoms with Crippen molar-refractivity contribution in [3.8, 4) is 0 Å². The second-order valence-corrected chi connectivity index (χ2v) is 5.17. The molecular weight excluding hydrogens is 198 g/mol. The van der Waals surface area contributed by atoms with Gasteiger partial charge in [-0.05, 0) is 31.7 Å². The van der Waals surface area contributed by atoms with Crippen LogP contribution in [0.25, 0.3) is 0 Å². The third-order valence-electron chi connectivity index (χ3n) is 3.35. The molecule has 2 rings (SSSR count). The number of nitrogens with one attached hydrogen (secondary N) is 2. The minimum atomic E-state index is 0.620. The monoisotopic (exact) mass is 221 g/mol. The summed E-state index contributed by atoms with van der Waals surface area (Å²) in [6.07, 6.45) is 3.62. The lowest BCUT2D eigenvalue weighted by atomic mass is 9.84. The average molecular weight is 221 g/mol. The number of imidazole rings is 1. The number of aromatic amines is 1. The summed E-state index contributed by atoms with van der Waals surface area (Å²) in [5.74, 6) is 2.52. The van der Waals surface area contributed by atoms with Crippen LogP contribution < -0.4 is 5.32 Å². The second-order valence-electron chi connectivity index (χ2n) is 5.17. The van der Waals surface area contributed by atoms with Gasteiger partial charge in [-0.25, -0.2) is 4.98 Å². The Bertz CT molecular complexity index is 343. The highest BCUT2D eigenvalue weighted by atomic mass is 15.0. The number of hydrogen-bond acceptors (Lipinski definition) is 2. The molecule has 0 amide bonds. The van der Waals surface area contributed by atoms with Crippen molar-refractivity contribution in [2.24, 2.45) is 5.92 Å². The van der Waals surface area contributed by atoms with Crippen molar-refractivity contribution in [3.63, 3.8) is 0 Å². The van der Waals surface area contributed by atoms with Gasteiger partial charge < -0.3 is 10.3 Å². The predicted molar refractivity (Wildman–Crippen MR) is 66.5 cm³/mol. The summed E-state index contributed by atoms with van der Waals surface area (Å²) in [7, 11) is 0. The van der Waals surface area contributed by atoms with Gasteiger partial charge in [0.05, 0.1) is 12.2 Å². The number of hydrogen-bond donors (Lipinski definition) is 2. The van der Waals surface area contributed by atoms with E-state index in [1.165, 1.54) is 30.7 Å². The maximum atomic E-state index is 4.72. The van der Waals surface area contributed by atoms with Gasteiger partial charge in [-0.3, -0.25) is 0 Å². The van der Waals surface area contributed by atoms with Crippen LogP contribution in [0.15, 0.2) is 0 Å². The molecule has 0 bridgehead atoms. The predicted octanol–water partition coefficient (Wildman–Crippen LogP) is 2.60. The molecule has 1 aromatic heterocycles. The third kappa shape index (κ3) is 2.46.